The number of allylic oxidation sites excluding steroid dienone is 1. The second-order valence-corrected chi connectivity index (χ2v) is 4.02. The highest BCUT2D eigenvalue weighted by atomic mass is 19.4. The molecular formula is C14H12F3NO3. The molecule has 0 aromatic heterocycles. The number of hydrogen-bond donors (Lipinski definition) is 0. The van der Waals surface area contributed by atoms with Crippen molar-refractivity contribution in [2.24, 2.45) is 0 Å². The molecule has 0 N–H and O–H groups in total. The SMILES string of the molecule is O=C([O-])C(F)(F)F.O=C(c1ccccc1)[N+]1=CC=CCC1. The van der Waals surface area contributed by atoms with Crippen LogP contribution in [0.15, 0.2) is 42.5 Å². The summed E-state index contributed by atoms with van der Waals surface area (Å²) in [5, 5.41) is 8.78. The molecule has 0 spiro atoms. The molecule has 2 rings (SSSR count). The fourth-order valence-corrected chi connectivity index (χ4v) is 1.46. The average molecular weight is 299 g/mol. The number of carboxylic acid groups (broad SMARTS) is 1. The molecule has 1 aromatic carbocycles. The zero-order chi connectivity index (χ0) is 15.9. The Morgan fingerprint density at radius 3 is 2.14 bits per heavy atom. The number of aliphatic carboxylic acids is 1. The van der Waals surface area contributed by atoms with Gasteiger partial charge in [-0.15, -0.1) is 0 Å². The highest BCUT2D eigenvalue weighted by Gasteiger charge is 2.28. The van der Waals surface area contributed by atoms with Gasteiger partial charge in [0.05, 0.1) is 5.56 Å². The van der Waals surface area contributed by atoms with E-state index in [-0.39, 0.29) is 5.91 Å². The molecule has 1 aliphatic rings. The van der Waals surface area contributed by atoms with Crippen molar-refractivity contribution in [2.75, 3.05) is 6.54 Å². The van der Waals surface area contributed by atoms with Crippen LogP contribution in [0.5, 0.6) is 0 Å². The Labute approximate surface area is 118 Å². The van der Waals surface area contributed by atoms with Gasteiger partial charge in [-0.25, -0.2) is 4.79 Å². The van der Waals surface area contributed by atoms with Crippen LogP contribution in [0.3, 0.4) is 0 Å². The van der Waals surface area contributed by atoms with E-state index in [1.54, 1.807) is 4.58 Å². The van der Waals surface area contributed by atoms with E-state index in [9.17, 15) is 18.0 Å². The Bertz CT molecular complexity index is 563. The van der Waals surface area contributed by atoms with E-state index in [2.05, 4.69) is 6.08 Å². The van der Waals surface area contributed by atoms with Crippen molar-refractivity contribution in [2.45, 2.75) is 12.6 Å². The molecule has 1 aromatic rings. The Hall–Kier alpha value is -2.44. The van der Waals surface area contributed by atoms with Crippen LogP contribution >= 0.6 is 0 Å². The highest BCUT2D eigenvalue weighted by Crippen LogP contribution is 2.11. The zero-order valence-electron chi connectivity index (χ0n) is 10.8. The summed E-state index contributed by atoms with van der Waals surface area (Å²) < 4.78 is 33.3. The maximum absolute atomic E-state index is 11.9. The van der Waals surface area contributed by atoms with E-state index >= 15 is 0 Å². The number of hydrogen-bond acceptors (Lipinski definition) is 3. The van der Waals surface area contributed by atoms with Crippen LogP contribution < -0.4 is 5.11 Å². The quantitative estimate of drug-likeness (QED) is 0.731. The van der Waals surface area contributed by atoms with Crippen LogP contribution in [0.2, 0.25) is 0 Å². The van der Waals surface area contributed by atoms with Gasteiger partial charge >= 0.3 is 12.1 Å². The number of benzene rings is 1. The summed E-state index contributed by atoms with van der Waals surface area (Å²) in [5.74, 6) is -2.93. The largest absolute Gasteiger partial charge is 0.542 e. The number of carbonyl (C=O) groups excluding carboxylic acids is 2. The molecule has 112 valence electrons. The number of nitrogens with zero attached hydrogens (tertiary/aromatic N) is 1. The standard InChI is InChI=1S/C12H12NO.C2HF3O2/c14-12(11-7-3-1-4-8-11)13-9-5-2-6-10-13;3-2(4,5)1(6)7/h1-5,7-9H,6,10H2;(H,6,7)/q+1;/p-1. The molecule has 0 saturated carbocycles. The Kier molecular flexibility index (Phi) is 5.83. The smallest absolute Gasteiger partial charge is 0.430 e. The molecule has 0 radical (unpaired) electrons. The Balaban J connectivity index is 0.000000270. The molecular weight excluding hydrogens is 287 g/mol. The maximum atomic E-state index is 11.9. The van der Waals surface area contributed by atoms with Crippen LogP contribution in [0, 0.1) is 0 Å². The van der Waals surface area contributed by atoms with Crippen molar-refractivity contribution in [3.8, 4) is 0 Å². The van der Waals surface area contributed by atoms with Gasteiger partial charge in [0.25, 0.3) is 0 Å². The number of carboxylic acids is 1. The monoisotopic (exact) mass is 299 g/mol. The van der Waals surface area contributed by atoms with Gasteiger partial charge in [0.2, 0.25) is 0 Å². The molecule has 7 heteroatoms. The molecule has 0 unspecified atom stereocenters. The molecule has 1 aliphatic heterocycles. The number of carbonyl (C=O) groups is 2. The lowest BCUT2D eigenvalue weighted by atomic mass is 10.2. The molecule has 21 heavy (non-hydrogen) atoms. The Morgan fingerprint density at radius 1 is 1.14 bits per heavy atom. The molecule has 0 bridgehead atoms. The topological polar surface area (TPSA) is 60.2 Å². The first kappa shape index (κ1) is 16.6. The van der Waals surface area contributed by atoms with Crippen LogP contribution in [0.1, 0.15) is 16.8 Å². The predicted octanol–water partition coefficient (Wildman–Crippen LogP) is 1.17. The average Bonchev–Trinajstić information content (AvgIpc) is 2.48. The summed E-state index contributed by atoms with van der Waals surface area (Å²) in [6.45, 7) is 0.782. The van der Waals surface area contributed by atoms with Gasteiger partial charge < -0.3 is 9.90 Å². The second kappa shape index (κ2) is 7.37. The first-order valence-corrected chi connectivity index (χ1v) is 5.96. The summed E-state index contributed by atoms with van der Waals surface area (Å²) in [5.41, 5.74) is 0.749. The molecule has 0 atom stereocenters. The van der Waals surface area contributed by atoms with Crippen LogP contribution in [0.4, 0.5) is 13.2 Å². The van der Waals surface area contributed by atoms with Crippen LogP contribution in [-0.2, 0) is 4.79 Å². The second-order valence-electron chi connectivity index (χ2n) is 4.02. The zero-order valence-corrected chi connectivity index (χ0v) is 10.8. The van der Waals surface area contributed by atoms with E-state index in [0.717, 1.165) is 18.5 Å². The van der Waals surface area contributed by atoms with Crippen molar-refractivity contribution in [3.63, 3.8) is 0 Å². The number of amides is 1. The third-order valence-corrected chi connectivity index (χ3v) is 2.45. The lowest BCUT2D eigenvalue weighted by Crippen LogP contribution is -2.37. The summed E-state index contributed by atoms with van der Waals surface area (Å²) in [4.78, 5) is 20.6. The van der Waals surface area contributed by atoms with Gasteiger partial charge in [0.1, 0.15) is 5.97 Å². The maximum Gasteiger partial charge on any atom is 0.430 e. The van der Waals surface area contributed by atoms with Gasteiger partial charge in [-0.05, 0) is 18.2 Å². The normalized spacial score (nSPS) is 13.8. The van der Waals surface area contributed by atoms with E-state index in [1.807, 2.05) is 42.6 Å². The fourth-order valence-electron chi connectivity index (χ4n) is 1.46. The molecule has 1 amide bonds. The Morgan fingerprint density at radius 2 is 1.71 bits per heavy atom. The summed E-state index contributed by atoms with van der Waals surface area (Å²) in [7, 11) is 0. The van der Waals surface area contributed by atoms with Gasteiger partial charge in [-0.2, -0.15) is 17.7 Å². The van der Waals surface area contributed by atoms with Gasteiger partial charge in [0, 0.05) is 6.42 Å². The molecule has 1 heterocycles. The van der Waals surface area contributed by atoms with E-state index in [4.69, 9.17) is 9.90 Å². The van der Waals surface area contributed by atoms with Crippen LogP contribution in [0.25, 0.3) is 0 Å². The van der Waals surface area contributed by atoms with E-state index in [0.29, 0.717) is 0 Å². The molecule has 0 fully saturated rings. The van der Waals surface area contributed by atoms with Crippen LogP contribution in [-0.4, -0.2) is 35.4 Å². The lowest BCUT2D eigenvalue weighted by molar-refractivity contribution is -0.423. The number of halogens is 3. The third kappa shape index (κ3) is 5.60. The first-order chi connectivity index (χ1) is 9.82. The summed E-state index contributed by atoms with van der Waals surface area (Å²) >= 11 is 0. The van der Waals surface area contributed by atoms with E-state index in [1.165, 1.54) is 0 Å². The minimum Gasteiger partial charge on any atom is -0.542 e. The van der Waals surface area contributed by atoms with Gasteiger partial charge in [-0.3, -0.25) is 0 Å². The van der Waals surface area contributed by atoms with E-state index < -0.39 is 12.1 Å². The number of alkyl halides is 3. The summed E-state index contributed by atoms with van der Waals surface area (Å²) in [6.07, 6.45) is 1.56. The van der Waals surface area contributed by atoms with Crippen molar-refractivity contribution >= 4 is 18.1 Å². The molecule has 4 nitrogen and oxygen atoms in total. The molecule has 0 saturated heterocycles. The van der Waals surface area contributed by atoms with Gasteiger partial charge in [0.15, 0.2) is 12.8 Å². The highest BCUT2D eigenvalue weighted by molar-refractivity contribution is 5.90. The minimum atomic E-state index is -5.19. The fraction of sp³-hybridized carbons (Fsp3) is 0.214. The van der Waals surface area contributed by atoms with Gasteiger partial charge in [-0.1, -0.05) is 24.3 Å². The molecule has 0 aliphatic carbocycles. The predicted molar refractivity (Wildman–Crippen MR) is 66.8 cm³/mol. The first-order valence-electron chi connectivity index (χ1n) is 5.96. The van der Waals surface area contributed by atoms with Crippen molar-refractivity contribution in [1.29, 1.82) is 0 Å². The van der Waals surface area contributed by atoms with Crippen molar-refractivity contribution < 1.29 is 32.4 Å². The minimum absolute atomic E-state index is 0.0787. The van der Waals surface area contributed by atoms with Crippen molar-refractivity contribution in [3.05, 3.63) is 48.0 Å². The summed E-state index contributed by atoms with van der Waals surface area (Å²) in [6, 6.07) is 9.36. The number of rotatable bonds is 1. The van der Waals surface area contributed by atoms with Crippen molar-refractivity contribution in [1.82, 2.24) is 0 Å². The third-order valence-electron chi connectivity index (χ3n) is 2.45. The lowest BCUT2D eigenvalue weighted by Gasteiger charge is -2.03.